The third kappa shape index (κ3) is 3.00. The Bertz CT molecular complexity index is 507. The molecule has 0 radical (unpaired) electrons. The minimum absolute atomic E-state index is 0.146. The SMILES string of the molecule is CC=NN(/C(C)=C(\C)C=N)c1ccc(F)cc1F. The molecule has 5 heteroatoms. The Morgan fingerprint density at radius 2 is 2.00 bits per heavy atom. The van der Waals surface area contributed by atoms with Crippen LogP contribution < -0.4 is 5.01 Å². The van der Waals surface area contributed by atoms with Crippen molar-refractivity contribution in [1.29, 1.82) is 5.41 Å². The van der Waals surface area contributed by atoms with E-state index in [0.29, 0.717) is 11.3 Å². The first-order valence-corrected chi connectivity index (χ1v) is 5.43. The van der Waals surface area contributed by atoms with Crippen molar-refractivity contribution in [1.82, 2.24) is 0 Å². The fourth-order valence-electron chi connectivity index (χ4n) is 1.37. The summed E-state index contributed by atoms with van der Waals surface area (Å²) in [5, 5.41) is 12.6. The van der Waals surface area contributed by atoms with Crippen LogP contribution in [-0.4, -0.2) is 12.4 Å². The molecular formula is C13H15F2N3. The van der Waals surface area contributed by atoms with Gasteiger partial charge < -0.3 is 5.41 Å². The molecule has 0 aliphatic rings. The van der Waals surface area contributed by atoms with E-state index >= 15 is 0 Å². The van der Waals surface area contributed by atoms with Gasteiger partial charge in [-0.15, -0.1) is 0 Å². The van der Waals surface area contributed by atoms with Crippen molar-refractivity contribution < 1.29 is 8.78 Å². The van der Waals surface area contributed by atoms with Crippen molar-refractivity contribution >= 4 is 18.1 Å². The second-order valence-corrected chi connectivity index (χ2v) is 3.69. The Morgan fingerprint density at radius 3 is 2.50 bits per heavy atom. The predicted octanol–water partition coefficient (Wildman–Crippen LogP) is 3.72. The minimum Gasteiger partial charge on any atom is -0.308 e. The lowest BCUT2D eigenvalue weighted by atomic mass is 10.2. The number of benzene rings is 1. The fourth-order valence-corrected chi connectivity index (χ4v) is 1.37. The van der Waals surface area contributed by atoms with Crippen LogP contribution in [0.25, 0.3) is 0 Å². The van der Waals surface area contributed by atoms with Crippen molar-refractivity contribution in [2.75, 3.05) is 5.01 Å². The van der Waals surface area contributed by atoms with Crippen molar-refractivity contribution in [3.63, 3.8) is 0 Å². The zero-order valence-electron chi connectivity index (χ0n) is 10.5. The molecule has 0 spiro atoms. The van der Waals surface area contributed by atoms with Crippen molar-refractivity contribution in [3.05, 3.63) is 41.1 Å². The molecule has 0 aromatic heterocycles. The number of hydrogen-bond donors (Lipinski definition) is 1. The molecule has 0 saturated heterocycles. The van der Waals surface area contributed by atoms with Gasteiger partial charge >= 0.3 is 0 Å². The molecule has 1 aromatic rings. The van der Waals surface area contributed by atoms with Gasteiger partial charge in [-0.1, -0.05) is 0 Å². The number of rotatable bonds is 4. The van der Waals surface area contributed by atoms with Gasteiger partial charge in [-0.3, -0.25) is 0 Å². The summed E-state index contributed by atoms with van der Waals surface area (Å²) in [6, 6.07) is 3.29. The van der Waals surface area contributed by atoms with Crippen LogP contribution in [0.4, 0.5) is 14.5 Å². The van der Waals surface area contributed by atoms with Crippen LogP contribution in [0.2, 0.25) is 0 Å². The number of nitrogens with one attached hydrogen (secondary N) is 1. The normalized spacial score (nSPS) is 12.5. The molecule has 0 amide bonds. The summed E-state index contributed by atoms with van der Waals surface area (Å²) < 4.78 is 26.6. The fraction of sp³-hybridized carbons (Fsp3) is 0.231. The smallest absolute Gasteiger partial charge is 0.151 e. The molecule has 1 aromatic carbocycles. The van der Waals surface area contributed by atoms with Crippen LogP contribution in [0.15, 0.2) is 34.6 Å². The van der Waals surface area contributed by atoms with Crippen LogP contribution in [-0.2, 0) is 0 Å². The number of allylic oxidation sites excluding steroid dienone is 2. The van der Waals surface area contributed by atoms with E-state index in [-0.39, 0.29) is 5.69 Å². The Hall–Kier alpha value is -2.04. The monoisotopic (exact) mass is 251 g/mol. The van der Waals surface area contributed by atoms with Gasteiger partial charge in [-0.2, -0.15) is 5.10 Å². The maximum atomic E-state index is 13.7. The highest BCUT2D eigenvalue weighted by molar-refractivity contribution is 5.77. The Morgan fingerprint density at radius 1 is 1.33 bits per heavy atom. The second kappa shape index (κ2) is 6.05. The molecule has 0 fully saturated rings. The molecule has 0 heterocycles. The predicted molar refractivity (Wildman–Crippen MR) is 70.2 cm³/mol. The summed E-state index contributed by atoms with van der Waals surface area (Å²) in [4.78, 5) is 0. The summed E-state index contributed by atoms with van der Waals surface area (Å²) in [6.07, 6.45) is 2.67. The van der Waals surface area contributed by atoms with Crippen LogP contribution in [0.5, 0.6) is 0 Å². The molecule has 96 valence electrons. The van der Waals surface area contributed by atoms with Crippen LogP contribution in [0.3, 0.4) is 0 Å². The third-order valence-electron chi connectivity index (χ3n) is 2.47. The molecular weight excluding hydrogens is 236 g/mol. The zero-order valence-corrected chi connectivity index (χ0v) is 10.5. The van der Waals surface area contributed by atoms with Gasteiger partial charge in [-0.25, -0.2) is 13.8 Å². The summed E-state index contributed by atoms with van der Waals surface area (Å²) in [5.41, 5.74) is 1.39. The van der Waals surface area contributed by atoms with E-state index < -0.39 is 11.6 Å². The number of halogens is 2. The number of hydrogen-bond acceptors (Lipinski definition) is 3. The summed E-state index contributed by atoms with van der Waals surface area (Å²) in [6.45, 7) is 5.14. The first kappa shape index (κ1) is 14.0. The summed E-state index contributed by atoms with van der Waals surface area (Å²) in [7, 11) is 0. The van der Waals surface area contributed by atoms with Gasteiger partial charge in [0.25, 0.3) is 0 Å². The van der Waals surface area contributed by atoms with Crippen LogP contribution >= 0.6 is 0 Å². The first-order chi connectivity index (χ1) is 8.51. The highest BCUT2D eigenvalue weighted by atomic mass is 19.1. The molecule has 0 atom stereocenters. The van der Waals surface area contributed by atoms with Crippen molar-refractivity contribution in [2.24, 2.45) is 5.10 Å². The van der Waals surface area contributed by atoms with E-state index in [1.54, 1.807) is 20.8 Å². The first-order valence-electron chi connectivity index (χ1n) is 5.43. The number of hydrazone groups is 1. The standard InChI is InChI=1S/C13H15F2N3/c1-4-17-18(10(3)9(2)8-16)13-6-5-11(14)7-12(13)15/h4-8,16H,1-3H3/b10-9+,16-8?,17-4?. The molecule has 0 aliphatic heterocycles. The van der Waals surface area contributed by atoms with Crippen molar-refractivity contribution in [2.45, 2.75) is 20.8 Å². The molecule has 0 saturated carbocycles. The van der Waals surface area contributed by atoms with Gasteiger partial charge in [0, 0.05) is 24.2 Å². The van der Waals surface area contributed by atoms with Gasteiger partial charge in [-0.05, 0) is 38.5 Å². The minimum atomic E-state index is -0.697. The molecule has 18 heavy (non-hydrogen) atoms. The van der Waals surface area contributed by atoms with Crippen molar-refractivity contribution in [3.8, 4) is 0 Å². The quantitative estimate of drug-likeness (QED) is 0.643. The third-order valence-corrected chi connectivity index (χ3v) is 2.47. The van der Waals surface area contributed by atoms with E-state index in [1.807, 2.05) is 0 Å². The highest BCUT2D eigenvalue weighted by Crippen LogP contribution is 2.25. The second-order valence-electron chi connectivity index (χ2n) is 3.69. The Kier molecular flexibility index (Phi) is 4.71. The molecule has 3 nitrogen and oxygen atoms in total. The lowest BCUT2D eigenvalue weighted by molar-refractivity contribution is 0.582. The maximum Gasteiger partial charge on any atom is 0.151 e. The van der Waals surface area contributed by atoms with E-state index in [4.69, 9.17) is 5.41 Å². The lowest BCUT2D eigenvalue weighted by Gasteiger charge is -2.21. The summed E-state index contributed by atoms with van der Waals surface area (Å²) >= 11 is 0. The highest BCUT2D eigenvalue weighted by Gasteiger charge is 2.14. The van der Waals surface area contributed by atoms with Gasteiger partial charge in [0.2, 0.25) is 0 Å². The molecule has 0 unspecified atom stereocenters. The number of anilines is 1. The largest absolute Gasteiger partial charge is 0.308 e. The van der Waals surface area contributed by atoms with Gasteiger partial charge in [0.15, 0.2) is 5.82 Å². The average molecular weight is 251 g/mol. The molecule has 0 bridgehead atoms. The number of nitrogens with zero attached hydrogens (tertiary/aromatic N) is 2. The van der Waals surface area contributed by atoms with E-state index in [9.17, 15) is 8.78 Å². The lowest BCUT2D eigenvalue weighted by Crippen LogP contribution is -2.17. The van der Waals surface area contributed by atoms with E-state index in [0.717, 1.165) is 12.3 Å². The topological polar surface area (TPSA) is 39.5 Å². The van der Waals surface area contributed by atoms with Crippen LogP contribution in [0, 0.1) is 17.0 Å². The molecule has 0 aliphatic carbocycles. The average Bonchev–Trinajstić information content (AvgIpc) is 2.35. The molecule has 1 rings (SSSR count). The molecule has 1 N–H and O–H groups in total. The Balaban J connectivity index is 3.33. The van der Waals surface area contributed by atoms with Crippen LogP contribution in [0.1, 0.15) is 20.8 Å². The zero-order chi connectivity index (χ0) is 13.7. The Labute approximate surface area is 105 Å². The van der Waals surface area contributed by atoms with Gasteiger partial charge in [0.05, 0.1) is 0 Å². The van der Waals surface area contributed by atoms with E-state index in [2.05, 4.69) is 5.10 Å². The summed E-state index contributed by atoms with van der Waals surface area (Å²) in [5.74, 6) is -1.33. The maximum absolute atomic E-state index is 13.7. The van der Waals surface area contributed by atoms with E-state index in [1.165, 1.54) is 23.4 Å². The van der Waals surface area contributed by atoms with Gasteiger partial charge in [0.1, 0.15) is 11.5 Å².